The summed E-state index contributed by atoms with van der Waals surface area (Å²) in [4.78, 5) is 29.6. The minimum atomic E-state index is -4.93. The zero-order valence-corrected chi connectivity index (χ0v) is 42.0. The number of hydrogen-bond acceptors (Lipinski definition) is 6. The van der Waals surface area contributed by atoms with Gasteiger partial charge >= 0.3 is 6.18 Å². The van der Waals surface area contributed by atoms with Crippen LogP contribution in [0.4, 0.5) is 22.0 Å². The smallest absolute Gasteiger partial charge is 0.309 e. The predicted molar refractivity (Wildman–Crippen MR) is 305 cm³/mol. The third-order valence-electron chi connectivity index (χ3n) is 14.4. The van der Waals surface area contributed by atoms with E-state index in [1.807, 2.05) is 158 Å². The maximum Gasteiger partial charge on any atom is 0.416 e. The average Bonchev–Trinajstić information content (AvgIpc) is 4.09. The number of rotatable bonds is 9. The standard InChI is InChI=1S/C67H39F5N8/c68-51-28-17-29-52(69)59(51)60-57(79-53-30-15-13-26-47(53)49-36-44(32-34-55(49)79)65-75-61(40-18-5-1-6-19-40)73-62(76-65)41-20-7-2-8-21-41)38-46(67(70,71)72)39-58(60)80-54-31-16-14-27-48(54)50-37-45(33-35-56(50)80)66-77-63(42-22-9-3-10-23-42)74-64(78-66)43-24-11-4-12-25-43/h1-39H. The van der Waals surface area contributed by atoms with Crippen LogP contribution < -0.4 is 0 Å². The lowest BCUT2D eigenvalue weighted by Gasteiger charge is -2.23. The molecule has 4 aromatic heterocycles. The highest BCUT2D eigenvalue weighted by atomic mass is 19.4. The third kappa shape index (κ3) is 8.30. The number of para-hydroxylation sites is 2. The van der Waals surface area contributed by atoms with Crippen molar-refractivity contribution in [3.05, 3.63) is 254 Å². The van der Waals surface area contributed by atoms with E-state index in [4.69, 9.17) is 29.9 Å². The maximum absolute atomic E-state index is 17.0. The highest BCUT2D eigenvalue weighted by Gasteiger charge is 2.35. The summed E-state index contributed by atoms with van der Waals surface area (Å²) >= 11 is 0. The minimum Gasteiger partial charge on any atom is -0.309 e. The van der Waals surface area contributed by atoms with Crippen LogP contribution >= 0.6 is 0 Å². The second kappa shape index (κ2) is 19.2. The Kier molecular flexibility index (Phi) is 11.5. The number of aromatic nitrogens is 8. The Balaban J connectivity index is 1.02. The Labute approximate surface area is 453 Å². The van der Waals surface area contributed by atoms with Crippen molar-refractivity contribution in [2.24, 2.45) is 0 Å². The largest absolute Gasteiger partial charge is 0.416 e. The van der Waals surface area contributed by atoms with Crippen LogP contribution in [0.2, 0.25) is 0 Å². The first-order valence-electron chi connectivity index (χ1n) is 25.6. The van der Waals surface area contributed by atoms with E-state index >= 15 is 22.0 Å². The predicted octanol–water partition coefficient (Wildman–Crippen LogP) is 17.2. The molecule has 0 unspecified atom stereocenters. The fourth-order valence-electron chi connectivity index (χ4n) is 10.7. The molecule has 4 heterocycles. The van der Waals surface area contributed by atoms with Crippen molar-refractivity contribution >= 4 is 43.6 Å². The number of benzene rings is 10. The van der Waals surface area contributed by atoms with Gasteiger partial charge < -0.3 is 9.13 Å². The van der Waals surface area contributed by atoms with Crippen LogP contribution in [0.3, 0.4) is 0 Å². The Morgan fingerprint density at radius 1 is 0.275 bits per heavy atom. The van der Waals surface area contributed by atoms with E-state index < -0.39 is 28.9 Å². The molecule has 14 aromatic rings. The van der Waals surface area contributed by atoms with Gasteiger partial charge in [0.2, 0.25) is 0 Å². The number of halogens is 5. The number of fused-ring (bicyclic) bond motifs is 6. The summed E-state index contributed by atoms with van der Waals surface area (Å²) < 4.78 is 84.9. The van der Waals surface area contributed by atoms with Gasteiger partial charge in [-0.05, 0) is 72.8 Å². The first kappa shape index (κ1) is 47.9. The molecule has 382 valence electrons. The Morgan fingerprint density at radius 2 is 0.588 bits per heavy atom. The van der Waals surface area contributed by atoms with Gasteiger partial charge in [-0.2, -0.15) is 13.2 Å². The van der Waals surface area contributed by atoms with E-state index in [0.29, 0.717) is 89.7 Å². The van der Waals surface area contributed by atoms with E-state index in [0.717, 1.165) is 46.5 Å². The highest BCUT2D eigenvalue weighted by molar-refractivity contribution is 6.13. The molecule has 0 fully saturated rings. The van der Waals surface area contributed by atoms with Crippen LogP contribution in [-0.4, -0.2) is 39.0 Å². The van der Waals surface area contributed by atoms with Gasteiger partial charge in [0.1, 0.15) is 11.6 Å². The fraction of sp³-hybridized carbons (Fsp3) is 0.0149. The van der Waals surface area contributed by atoms with Gasteiger partial charge in [-0.25, -0.2) is 38.7 Å². The zero-order valence-electron chi connectivity index (χ0n) is 42.0. The van der Waals surface area contributed by atoms with Crippen LogP contribution in [-0.2, 0) is 6.18 Å². The van der Waals surface area contributed by atoms with Gasteiger partial charge in [0, 0.05) is 60.5 Å². The minimum absolute atomic E-state index is 0.106. The van der Waals surface area contributed by atoms with Crippen LogP contribution in [0.25, 0.3) is 134 Å². The van der Waals surface area contributed by atoms with E-state index in [1.165, 1.54) is 6.07 Å². The summed E-state index contributed by atoms with van der Waals surface area (Å²) in [6.45, 7) is 0. The second-order valence-corrected chi connectivity index (χ2v) is 19.2. The molecule has 0 saturated carbocycles. The highest BCUT2D eigenvalue weighted by Crippen LogP contribution is 2.47. The molecule has 14 rings (SSSR count). The molecule has 0 aliphatic carbocycles. The van der Waals surface area contributed by atoms with Gasteiger partial charge in [0.15, 0.2) is 34.9 Å². The van der Waals surface area contributed by atoms with Crippen molar-refractivity contribution in [3.63, 3.8) is 0 Å². The molecule has 0 amide bonds. The van der Waals surface area contributed by atoms with Gasteiger partial charge in [0.05, 0.1) is 44.6 Å². The van der Waals surface area contributed by atoms with Crippen molar-refractivity contribution < 1.29 is 22.0 Å². The fourth-order valence-corrected chi connectivity index (χ4v) is 10.7. The maximum atomic E-state index is 17.0. The molecule has 80 heavy (non-hydrogen) atoms. The summed E-state index contributed by atoms with van der Waals surface area (Å²) in [5.41, 5.74) is 4.38. The lowest BCUT2D eigenvalue weighted by molar-refractivity contribution is -0.137. The van der Waals surface area contributed by atoms with E-state index in [9.17, 15) is 0 Å². The van der Waals surface area contributed by atoms with Gasteiger partial charge in [0.25, 0.3) is 0 Å². The summed E-state index contributed by atoms with van der Waals surface area (Å²) in [5.74, 6) is 0.607. The molecule has 0 bridgehead atoms. The topological polar surface area (TPSA) is 87.2 Å². The van der Waals surface area contributed by atoms with Gasteiger partial charge in [-0.15, -0.1) is 0 Å². The van der Waals surface area contributed by atoms with Crippen molar-refractivity contribution in [3.8, 4) is 90.8 Å². The van der Waals surface area contributed by atoms with Crippen LogP contribution in [0.15, 0.2) is 237 Å². The number of alkyl halides is 3. The van der Waals surface area contributed by atoms with Gasteiger partial charge in [-0.1, -0.05) is 164 Å². The van der Waals surface area contributed by atoms with E-state index in [1.54, 1.807) is 57.7 Å². The summed E-state index contributed by atoms with van der Waals surface area (Å²) in [6.07, 6.45) is -4.93. The molecule has 0 atom stereocenters. The summed E-state index contributed by atoms with van der Waals surface area (Å²) in [6, 6.07) is 69.2. The van der Waals surface area contributed by atoms with Crippen molar-refractivity contribution in [2.45, 2.75) is 6.18 Å². The van der Waals surface area contributed by atoms with Crippen LogP contribution in [0.5, 0.6) is 0 Å². The molecule has 0 radical (unpaired) electrons. The molecule has 0 N–H and O–H groups in total. The second-order valence-electron chi connectivity index (χ2n) is 19.2. The normalized spacial score (nSPS) is 11.8. The molecule has 10 aromatic carbocycles. The van der Waals surface area contributed by atoms with Crippen molar-refractivity contribution in [1.29, 1.82) is 0 Å². The lowest BCUT2D eigenvalue weighted by atomic mass is 9.96. The molecule has 0 spiro atoms. The van der Waals surface area contributed by atoms with Crippen LogP contribution in [0, 0.1) is 11.6 Å². The van der Waals surface area contributed by atoms with Crippen molar-refractivity contribution in [2.75, 3.05) is 0 Å². The SMILES string of the molecule is Fc1cccc(F)c1-c1c(-n2c3ccccc3c3cc(-c4nc(-c5ccccc5)nc(-c5ccccc5)n4)ccc32)cc(C(F)(F)F)cc1-n1c2ccccc2c2cc(-c3nc(-c4ccccc4)nc(-c4ccccc4)n3)ccc21. The number of hydrogen-bond donors (Lipinski definition) is 0. The first-order chi connectivity index (χ1) is 39.1. The molecule has 8 nitrogen and oxygen atoms in total. The Bertz CT molecular complexity index is 4320. The lowest BCUT2D eigenvalue weighted by Crippen LogP contribution is -2.12. The van der Waals surface area contributed by atoms with Crippen LogP contribution in [0.1, 0.15) is 5.56 Å². The number of nitrogens with zero attached hydrogens (tertiary/aromatic N) is 8. The van der Waals surface area contributed by atoms with Gasteiger partial charge in [-0.3, -0.25) is 0 Å². The van der Waals surface area contributed by atoms with Crippen molar-refractivity contribution in [1.82, 2.24) is 39.0 Å². The molecule has 0 aliphatic rings. The summed E-state index contributed by atoms with van der Waals surface area (Å²) in [5, 5.41) is 2.59. The molecule has 13 heteroatoms. The molecular formula is C67H39F5N8. The Morgan fingerprint density at radius 3 is 0.938 bits per heavy atom. The quantitative estimate of drug-likeness (QED) is 0.134. The molecule has 0 saturated heterocycles. The van der Waals surface area contributed by atoms with E-state index in [-0.39, 0.29) is 16.9 Å². The zero-order chi connectivity index (χ0) is 54.1. The average molecular weight is 1050 g/mol. The molecule has 0 aliphatic heterocycles. The third-order valence-corrected chi connectivity index (χ3v) is 14.4. The van der Waals surface area contributed by atoms with E-state index in [2.05, 4.69) is 0 Å². The first-order valence-corrected chi connectivity index (χ1v) is 25.6. The summed E-state index contributed by atoms with van der Waals surface area (Å²) in [7, 11) is 0. The Hall–Kier alpha value is -10.5. The molecular weight excluding hydrogens is 1010 g/mol. The monoisotopic (exact) mass is 1050 g/mol.